The van der Waals surface area contributed by atoms with Gasteiger partial charge in [0.1, 0.15) is 5.60 Å². The van der Waals surface area contributed by atoms with Gasteiger partial charge in [-0.25, -0.2) is 8.78 Å². The van der Waals surface area contributed by atoms with Gasteiger partial charge in [-0.1, -0.05) is 6.92 Å². The summed E-state index contributed by atoms with van der Waals surface area (Å²) in [6.07, 6.45) is 0.696. The summed E-state index contributed by atoms with van der Waals surface area (Å²) in [4.78, 5) is 3.81. The van der Waals surface area contributed by atoms with Crippen LogP contribution in [-0.4, -0.2) is 17.1 Å². The molecule has 1 aromatic rings. The average molecular weight is 244 g/mol. The van der Waals surface area contributed by atoms with Crippen LogP contribution in [0.5, 0.6) is 5.88 Å². The van der Waals surface area contributed by atoms with Gasteiger partial charge in [0.05, 0.1) is 0 Å². The van der Waals surface area contributed by atoms with Crippen molar-refractivity contribution in [3.8, 4) is 5.88 Å². The quantitative estimate of drug-likeness (QED) is 0.862. The second kappa shape index (κ2) is 5.29. The van der Waals surface area contributed by atoms with Crippen LogP contribution < -0.4 is 10.1 Å². The monoisotopic (exact) mass is 244 g/mol. The third-order valence-corrected chi connectivity index (χ3v) is 2.47. The van der Waals surface area contributed by atoms with Crippen LogP contribution in [0.1, 0.15) is 34.1 Å². The first kappa shape index (κ1) is 13.7. The lowest BCUT2D eigenvalue weighted by Crippen LogP contribution is -2.28. The van der Waals surface area contributed by atoms with E-state index in [2.05, 4.69) is 10.3 Å². The van der Waals surface area contributed by atoms with Crippen molar-refractivity contribution in [1.82, 2.24) is 4.98 Å². The zero-order valence-corrected chi connectivity index (χ0v) is 10.6. The average Bonchev–Trinajstić information content (AvgIpc) is 2.25. The highest BCUT2D eigenvalue weighted by molar-refractivity contribution is 5.39. The lowest BCUT2D eigenvalue weighted by molar-refractivity contribution is 0.0929. The van der Waals surface area contributed by atoms with Gasteiger partial charge in [0.25, 0.3) is 5.88 Å². The predicted octanol–water partition coefficient (Wildman–Crippen LogP) is 3.36. The summed E-state index contributed by atoms with van der Waals surface area (Å²) in [5.41, 5.74) is -0.533. The zero-order valence-electron chi connectivity index (χ0n) is 10.6. The van der Waals surface area contributed by atoms with E-state index in [1.807, 2.05) is 20.8 Å². The van der Waals surface area contributed by atoms with Crippen LogP contribution in [0.2, 0.25) is 0 Å². The molecule has 0 aliphatic heterocycles. The van der Waals surface area contributed by atoms with Crippen molar-refractivity contribution in [1.29, 1.82) is 0 Å². The van der Waals surface area contributed by atoms with E-state index in [1.165, 1.54) is 0 Å². The van der Waals surface area contributed by atoms with Gasteiger partial charge in [-0.2, -0.15) is 4.98 Å². The number of pyridine rings is 1. The molecule has 0 aromatic carbocycles. The summed E-state index contributed by atoms with van der Waals surface area (Å²) < 4.78 is 32.2. The van der Waals surface area contributed by atoms with E-state index in [0.717, 1.165) is 6.07 Å². The minimum atomic E-state index is -0.786. The second-order valence-corrected chi connectivity index (χ2v) is 4.35. The third-order valence-electron chi connectivity index (χ3n) is 2.47. The summed E-state index contributed by atoms with van der Waals surface area (Å²) >= 11 is 0. The fraction of sp³-hybridized carbons (Fsp3) is 0.583. The maximum Gasteiger partial charge on any atom is 0.253 e. The number of nitrogens with one attached hydrogen (secondary N) is 1. The fourth-order valence-electron chi connectivity index (χ4n) is 1.15. The van der Waals surface area contributed by atoms with E-state index < -0.39 is 17.2 Å². The molecule has 96 valence electrons. The van der Waals surface area contributed by atoms with Gasteiger partial charge >= 0.3 is 0 Å². The smallest absolute Gasteiger partial charge is 0.253 e. The van der Waals surface area contributed by atoms with Crippen LogP contribution in [-0.2, 0) is 0 Å². The summed E-state index contributed by atoms with van der Waals surface area (Å²) in [6.45, 7) is 7.88. The van der Waals surface area contributed by atoms with Crippen LogP contribution in [0.4, 0.5) is 14.6 Å². The number of ether oxygens (including phenoxy) is 1. The molecule has 1 rings (SSSR count). The van der Waals surface area contributed by atoms with Crippen LogP contribution in [0.15, 0.2) is 6.07 Å². The molecule has 0 aliphatic carbocycles. The summed E-state index contributed by atoms with van der Waals surface area (Å²) in [5.74, 6) is -1.67. The Balaban J connectivity index is 3.03. The molecule has 0 saturated heterocycles. The molecule has 0 atom stereocenters. The van der Waals surface area contributed by atoms with E-state index in [0.29, 0.717) is 13.0 Å². The molecular formula is C12H18F2N2O. The normalized spacial score (nSPS) is 11.4. The van der Waals surface area contributed by atoms with E-state index in [4.69, 9.17) is 4.74 Å². The van der Waals surface area contributed by atoms with Crippen molar-refractivity contribution >= 4 is 5.82 Å². The first-order chi connectivity index (χ1) is 7.89. The SMILES string of the molecule is CCNc1nc(OC(C)(C)CC)c(F)cc1F. The van der Waals surface area contributed by atoms with Crippen LogP contribution in [0, 0.1) is 11.6 Å². The highest BCUT2D eigenvalue weighted by Crippen LogP contribution is 2.25. The summed E-state index contributed by atoms with van der Waals surface area (Å²) in [7, 11) is 0. The Morgan fingerprint density at radius 1 is 1.29 bits per heavy atom. The lowest BCUT2D eigenvalue weighted by Gasteiger charge is -2.24. The van der Waals surface area contributed by atoms with Gasteiger partial charge in [0.2, 0.25) is 0 Å². The van der Waals surface area contributed by atoms with Gasteiger partial charge in [0, 0.05) is 12.6 Å². The van der Waals surface area contributed by atoms with Crippen LogP contribution in [0.25, 0.3) is 0 Å². The first-order valence-corrected chi connectivity index (χ1v) is 5.68. The lowest BCUT2D eigenvalue weighted by atomic mass is 10.1. The molecule has 0 bridgehead atoms. The maximum atomic E-state index is 13.5. The number of hydrogen-bond acceptors (Lipinski definition) is 3. The van der Waals surface area contributed by atoms with Crippen molar-refractivity contribution < 1.29 is 13.5 Å². The van der Waals surface area contributed by atoms with E-state index in [-0.39, 0.29) is 11.7 Å². The van der Waals surface area contributed by atoms with Crippen LogP contribution >= 0.6 is 0 Å². The first-order valence-electron chi connectivity index (χ1n) is 5.68. The Kier molecular flexibility index (Phi) is 4.26. The van der Waals surface area contributed by atoms with E-state index in [9.17, 15) is 8.78 Å². The Bertz CT molecular complexity index is 394. The standard InChI is InChI=1S/C12H18F2N2O/c1-5-12(3,4)17-11-9(14)7-8(13)10(16-11)15-6-2/h7H,5-6H2,1-4H3,(H,15,16). The summed E-state index contributed by atoms with van der Waals surface area (Å²) in [5, 5.41) is 2.71. The van der Waals surface area contributed by atoms with Crippen molar-refractivity contribution in [3.63, 3.8) is 0 Å². The van der Waals surface area contributed by atoms with Crippen LogP contribution in [0.3, 0.4) is 0 Å². The summed E-state index contributed by atoms with van der Waals surface area (Å²) in [6, 6.07) is 0.784. The third kappa shape index (κ3) is 3.54. The van der Waals surface area contributed by atoms with Crippen molar-refractivity contribution in [3.05, 3.63) is 17.7 Å². The Morgan fingerprint density at radius 3 is 2.47 bits per heavy atom. The van der Waals surface area contributed by atoms with E-state index in [1.54, 1.807) is 6.92 Å². The maximum absolute atomic E-state index is 13.5. The predicted molar refractivity (Wildman–Crippen MR) is 63.3 cm³/mol. The van der Waals surface area contributed by atoms with E-state index >= 15 is 0 Å². The van der Waals surface area contributed by atoms with Gasteiger partial charge in [-0.15, -0.1) is 0 Å². The fourth-order valence-corrected chi connectivity index (χ4v) is 1.15. The number of halogens is 2. The van der Waals surface area contributed by atoms with Crippen molar-refractivity contribution in [2.75, 3.05) is 11.9 Å². The number of aromatic nitrogens is 1. The molecule has 0 amide bonds. The highest BCUT2D eigenvalue weighted by Gasteiger charge is 2.21. The second-order valence-electron chi connectivity index (χ2n) is 4.35. The van der Waals surface area contributed by atoms with Crippen molar-refractivity contribution in [2.24, 2.45) is 0 Å². The van der Waals surface area contributed by atoms with Gasteiger partial charge in [-0.3, -0.25) is 0 Å². The Morgan fingerprint density at radius 2 is 1.94 bits per heavy atom. The minimum absolute atomic E-state index is 0.0100. The molecule has 17 heavy (non-hydrogen) atoms. The molecular weight excluding hydrogens is 226 g/mol. The molecule has 3 nitrogen and oxygen atoms in total. The molecule has 1 aromatic heterocycles. The van der Waals surface area contributed by atoms with Gasteiger partial charge < -0.3 is 10.1 Å². The molecule has 0 unspecified atom stereocenters. The molecule has 1 N–H and O–H groups in total. The zero-order chi connectivity index (χ0) is 13.1. The highest BCUT2D eigenvalue weighted by atomic mass is 19.1. The van der Waals surface area contributed by atoms with Crippen molar-refractivity contribution in [2.45, 2.75) is 39.7 Å². The topological polar surface area (TPSA) is 34.2 Å². The number of hydrogen-bond donors (Lipinski definition) is 1. The molecule has 0 spiro atoms. The molecule has 5 heteroatoms. The van der Waals surface area contributed by atoms with Gasteiger partial charge in [0.15, 0.2) is 17.5 Å². The molecule has 0 saturated carbocycles. The Hall–Kier alpha value is -1.39. The number of nitrogens with zero attached hydrogens (tertiary/aromatic N) is 1. The minimum Gasteiger partial charge on any atom is -0.470 e. The number of rotatable bonds is 5. The molecule has 0 radical (unpaired) electrons. The largest absolute Gasteiger partial charge is 0.470 e. The number of anilines is 1. The Labute approximate surface area is 100 Å². The molecule has 0 fully saturated rings. The van der Waals surface area contributed by atoms with Gasteiger partial charge in [-0.05, 0) is 27.2 Å². The molecule has 0 aliphatic rings. The molecule has 1 heterocycles.